The second kappa shape index (κ2) is 46.3. The van der Waals surface area contributed by atoms with Crippen LogP contribution in [-0.4, -0.2) is 98.7 Å². The molecule has 8 unspecified atom stereocenters. The fourth-order valence-electron chi connectivity index (χ4n) is 9.34. The molecule has 0 radical (unpaired) electrons. The lowest BCUT2D eigenvalue weighted by Gasteiger charge is -2.40. The molecule has 1 heterocycles. The lowest BCUT2D eigenvalue weighted by molar-refractivity contribution is -0.302. The van der Waals surface area contributed by atoms with E-state index in [-0.39, 0.29) is 6.61 Å². The highest BCUT2D eigenvalue weighted by molar-refractivity contribution is 5.80. The van der Waals surface area contributed by atoms with E-state index in [0.29, 0.717) is 12.8 Å². The van der Waals surface area contributed by atoms with Gasteiger partial charge in [0.25, 0.3) is 0 Å². The standard InChI is InChI=1S/C56H109NO9/c1-3-5-7-9-11-13-15-17-18-19-20-21-22-23-24-25-26-27-28-29-30-31-32-33-35-37-39-41-43-45-50(60)55(64)57-48(47-65-56-54(63)53(62)52(61)51(46-58)66-56)49(59)44-42-40-38-36-34-16-14-12-10-8-6-4-2/h23-24,48-54,56,58-63H,3-22,25-47H2,1-2H3,(H,57,64)/b24-23-. The normalized spacial score (nSPS) is 20.3. The predicted octanol–water partition coefficient (Wildman–Crippen LogP) is 12.6. The molecule has 0 aromatic heterocycles. The molecule has 1 aliphatic heterocycles. The van der Waals surface area contributed by atoms with Gasteiger partial charge in [-0.15, -0.1) is 0 Å². The van der Waals surface area contributed by atoms with Crippen LogP contribution >= 0.6 is 0 Å². The summed E-state index contributed by atoms with van der Waals surface area (Å²) in [6.45, 7) is 3.69. The van der Waals surface area contributed by atoms with E-state index in [9.17, 15) is 35.4 Å². The fraction of sp³-hybridized carbons (Fsp3) is 0.946. The summed E-state index contributed by atoms with van der Waals surface area (Å²) in [5, 5.41) is 65.0. The third kappa shape index (κ3) is 35.1. The zero-order valence-corrected chi connectivity index (χ0v) is 43.1. The molecule has 1 amide bonds. The number of allylic oxidation sites excluding steroid dienone is 2. The Morgan fingerprint density at radius 3 is 1.23 bits per heavy atom. The Bertz CT molecular complexity index is 1060. The SMILES string of the molecule is CCCCCCCCCCCCCC/C=C\CCCCCCCCCCCCCCCC(O)C(=O)NC(COC1OC(CO)C(O)C(O)C1O)C(O)CCCCCCCCCCCCCC. The van der Waals surface area contributed by atoms with E-state index in [1.165, 1.54) is 199 Å². The lowest BCUT2D eigenvalue weighted by Crippen LogP contribution is -2.60. The van der Waals surface area contributed by atoms with Gasteiger partial charge in [0.2, 0.25) is 5.91 Å². The van der Waals surface area contributed by atoms with Gasteiger partial charge in [-0.2, -0.15) is 0 Å². The van der Waals surface area contributed by atoms with Gasteiger partial charge in [0.05, 0.1) is 25.4 Å². The molecule has 1 aliphatic rings. The first-order valence-corrected chi connectivity index (χ1v) is 28.5. The molecular weight excluding hydrogens is 831 g/mol. The summed E-state index contributed by atoms with van der Waals surface area (Å²) in [6, 6.07) is -0.891. The van der Waals surface area contributed by atoms with Crippen LogP contribution in [0.2, 0.25) is 0 Å². The number of ether oxygens (including phenoxy) is 2. The van der Waals surface area contributed by atoms with E-state index in [4.69, 9.17) is 9.47 Å². The number of amides is 1. The molecule has 0 bridgehead atoms. The highest BCUT2D eigenvalue weighted by Gasteiger charge is 2.44. The summed E-state index contributed by atoms with van der Waals surface area (Å²) >= 11 is 0. The van der Waals surface area contributed by atoms with Crippen LogP contribution in [0.3, 0.4) is 0 Å². The molecule has 1 rings (SSSR count). The van der Waals surface area contributed by atoms with E-state index in [1.807, 2.05) is 0 Å². The molecular formula is C56H109NO9. The molecule has 0 spiro atoms. The Hall–Kier alpha value is -1.11. The van der Waals surface area contributed by atoms with Crippen molar-refractivity contribution < 1.29 is 44.9 Å². The van der Waals surface area contributed by atoms with Crippen LogP contribution in [-0.2, 0) is 14.3 Å². The average Bonchev–Trinajstić information content (AvgIpc) is 3.32. The minimum absolute atomic E-state index is 0.252. The zero-order valence-electron chi connectivity index (χ0n) is 43.1. The van der Waals surface area contributed by atoms with Crippen LogP contribution < -0.4 is 5.32 Å². The minimum atomic E-state index is -1.59. The molecule has 0 aromatic carbocycles. The molecule has 392 valence electrons. The highest BCUT2D eigenvalue weighted by atomic mass is 16.7. The van der Waals surface area contributed by atoms with Crippen LogP contribution in [0.25, 0.3) is 0 Å². The summed E-state index contributed by atoms with van der Waals surface area (Å²) < 4.78 is 11.2. The van der Waals surface area contributed by atoms with Gasteiger partial charge >= 0.3 is 0 Å². The first-order chi connectivity index (χ1) is 32.3. The second-order valence-corrected chi connectivity index (χ2v) is 20.2. The van der Waals surface area contributed by atoms with Crippen molar-refractivity contribution in [2.75, 3.05) is 13.2 Å². The van der Waals surface area contributed by atoms with Gasteiger partial charge in [-0.05, 0) is 38.5 Å². The molecule has 1 fully saturated rings. The number of carbonyl (C=O) groups is 1. The predicted molar refractivity (Wildman–Crippen MR) is 273 cm³/mol. The fourth-order valence-corrected chi connectivity index (χ4v) is 9.34. The van der Waals surface area contributed by atoms with Crippen molar-refractivity contribution in [1.82, 2.24) is 5.32 Å². The van der Waals surface area contributed by atoms with Gasteiger partial charge in [0.15, 0.2) is 6.29 Å². The summed E-state index contributed by atoms with van der Waals surface area (Å²) in [4.78, 5) is 13.1. The number of hydrogen-bond acceptors (Lipinski definition) is 9. The number of aliphatic hydroxyl groups is 6. The van der Waals surface area contributed by atoms with Gasteiger partial charge in [-0.25, -0.2) is 0 Å². The molecule has 0 saturated carbocycles. The number of hydrogen-bond donors (Lipinski definition) is 7. The highest BCUT2D eigenvalue weighted by Crippen LogP contribution is 2.23. The Morgan fingerprint density at radius 2 is 0.848 bits per heavy atom. The number of unbranched alkanes of at least 4 members (excludes halogenated alkanes) is 36. The Morgan fingerprint density at radius 1 is 0.500 bits per heavy atom. The first-order valence-electron chi connectivity index (χ1n) is 28.5. The van der Waals surface area contributed by atoms with E-state index in [1.54, 1.807) is 0 Å². The van der Waals surface area contributed by atoms with E-state index >= 15 is 0 Å². The third-order valence-electron chi connectivity index (χ3n) is 14.0. The van der Waals surface area contributed by atoms with Crippen molar-refractivity contribution in [3.63, 3.8) is 0 Å². The van der Waals surface area contributed by atoms with Crippen molar-refractivity contribution in [1.29, 1.82) is 0 Å². The quantitative estimate of drug-likeness (QED) is 0.0232. The molecule has 66 heavy (non-hydrogen) atoms. The molecule has 8 atom stereocenters. The molecule has 0 aromatic rings. The van der Waals surface area contributed by atoms with Crippen molar-refractivity contribution in [2.24, 2.45) is 0 Å². The Kier molecular flexibility index (Phi) is 44.1. The van der Waals surface area contributed by atoms with Crippen LogP contribution in [0.1, 0.15) is 277 Å². The molecule has 10 heteroatoms. The van der Waals surface area contributed by atoms with E-state index < -0.39 is 61.5 Å². The maximum atomic E-state index is 13.1. The third-order valence-corrected chi connectivity index (χ3v) is 14.0. The summed E-state index contributed by atoms with van der Waals surface area (Å²) in [7, 11) is 0. The Balaban J connectivity index is 2.16. The monoisotopic (exact) mass is 940 g/mol. The molecule has 1 saturated heterocycles. The van der Waals surface area contributed by atoms with Crippen molar-refractivity contribution in [3.8, 4) is 0 Å². The first kappa shape index (κ1) is 62.9. The number of aliphatic hydroxyl groups excluding tert-OH is 6. The smallest absolute Gasteiger partial charge is 0.249 e. The van der Waals surface area contributed by atoms with Gasteiger partial charge in [0, 0.05) is 0 Å². The van der Waals surface area contributed by atoms with Gasteiger partial charge < -0.3 is 45.4 Å². The van der Waals surface area contributed by atoms with Gasteiger partial charge in [-0.1, -0.05) is 251 Å². The summed E-state index contributed by atoms with van der Waals surface area (Å²) in [5.74, 6) is -0.580. The number of nitrogens with one attached hydrogen (secondary N) is 1. The summed E-state index contributed by atoms with van der Waals surface area (Å²) in [5.41, 5.74) is 0. The van der Waals surface area contributed by atoms with Crippen LogP contribution in [0.5, 0.6) is 0 Å². The number of rotatable bonds is 49. The molecule has 7 N–H and O–H groups in total. The van der Waals surface area contributed by atoms with Crippen molar-refractivity contribution >= 4 is 5.91 Å². The molecule has 0 aliphatic carbocycles. The number of carbonyl (C=O) groups excluding carboxylic acids is 1. The van der Waals surface area contributed by atoms with Crippen LogP contribution in [0.4, 0.5) is 0 Å². The van der Waals surface area contributed by atoms with Crippen LogP contribution in [0, 0.1) is 0 Å². The minimum Gasteiger partial charge on any atom is -0.394 e. The van der Waals surface area contributed by atoms with Gasteiger partial charge in [-0.3, -0.25) is 4.79 Å². The molecule has 10 nitrogen and oxygen atoms in total. The van der Waals surface area contributed by atoms with Gasteiger partial charge in [0.1, 0.15) is 30.5 Å². The largest absolute Gasteiger partial charge is 0.394 e. The van der Waals surface area contributed by atoms with Crippen molar-refractivity contribution in [2.45, 2.75) is 326 Å². The lowest BCUT2D eigenvalue weighted by atomic mass is 9.99. The zero-order chi connectivity index (χ0) is 48.1. The average molecular weight is 940 g/mol. The van der Waals surface area contributed by atoms with Crippen LogP contribution in [0.15, 0.2) is 12.2 Å². The Labute approximate surface area is 406 Å². The van der Waals surface area contributed by atoms with Crippen molar-refractivity contribution in [3.05, 3.63) is 12.2 Å². The van der Waals surface area contributed by atoms with E-state index in [2.05, 4.69) is 31.3 Å². The maximum Gasteiger partial charge on any atom is 0.249 e. The topological polar surface area (TPSA) is 169 Å². The summed E-state index contributed by atoms with van der Waals surface area (Å²) in [6.07, 6.45) is 45.8. The maximum absolute atomic E-state index is 13.1. The second-order valence-electron chi connectivity index (χ2n) is 20.2. The van der Waals surface area contributed by atoms with E-state index in [0.717, 1.165) is 51.4 Å².